The second kappa shape index (κ2) is 6.83. The first-order valence-electron chi connectivity index (χ1n) is 8.87. The minimum Gasteiger partial charge on any atom is -0.507 e. The van der Waals surface area contributed by atoms with E-state index in [-0.39, 0.29) is 18.0 Å². The monoisotopic (exact) mass is 456 g/mol. The second-order valence-electron chi connectivity index (χ2n) is 6.70. The highest BCUT2D eigenvalue weighted by molar-refractivity contribution is 9.10. The largest absolute Gasteiger partial charge is 0.507 e. The van der Waals surface area contributed by atoms with Gasteiger partial charge in [0.1, 0.15) is 17.2 Å². The molecule has 7 heteroatoms. The van der Waals surface area contributed by atoms with Crippen LogP contribution in [0.3, 0.4) is 0 Å². The summed E-state index contributed by atoms with van der Waals surface area (Å²) in [5.74, 6) is 1.76. The molecule has 0 bridgehead atoms. The first kappa shape index (κ1) is 17.6. The van der Waals surface area contributed by atoms with Crippen LogP contribution in [0.5, 0.6) is 17.2 Å². The number of hydrogen-bond donors (Lipinski definition) is 1. The molecule has 0 aliphatic carbocycles. The lowest BCUT2D eigenvalue weighted by atomic mass is 9.96. The molecule has 0 saturated carbocycles. The Morgan fingerprint density at radius 2 is 2.14 bits per heavy atom. The maximum Gasteiger partial charge on any atom is 0.222 e. The highest BCUT2D eigenvalue weighted by Crippen LogP contribution is 2.49. The molecule has 0 fully saturated rings. The average molecular weight is 457 g/mol. The van der Waals surface area contributed by atoms with Crippen molar-refractivity contribution in [2.45, 2.75) is 18.7 Å². The summed E-state index contributed by atoms with van der Waals surface area (Å²) in [6, 6.07) is 15.4. The quantitative estimate of drug-likeness (QED) is 0.567. The van der Waals surface area contributed by atoms with Crippen molar-refractivity contribution in [3.8, 4) is 17.2 Å². The van der Waals surface area contributed by atoms with Gasteiger partial charge in [-0.15, -0.1) is 11.3 Å². The fourth-order valence-electron chi connectivity index (χ4n) is 3.71. The molecule has 5 nitrogen and oxygen atoms in total. The lowest BCUT2D eigenvalue weighted by molar-refractivity contribution is -0.0166. The van der Waals surface area contributed by atoms with Crippen LogP contribution in [0.15, 0.2) is 63.5 Å². The second-order valence-corrected chi connectivity index (χ2v) is 8.59. The fraction of sp³-hybridized carbons (Fsp3) is 0.190. The summed E-state index contributed by atoms with van der Waals surface area (Å²) >= 11 is 5.21. The van der Waals surface area contributed by atoms with E-state index in [1.54, 1.807) is 30.6 Å². The number of rotatable bonds is 3. The van der Waals surface area contributed by atoms with Crippen LogP contribution in [0.2, 0.25) is 0 Å². The van der Waals surface area contributed by atoms with Crippen molar-refractivity contribution in [1.29, 1.82) is 0 Å². The number of phenolic OH excluding ortho intramolecular Hbond substituents is 1. The molecule has 0 unspecified atom stereocenters. The number of phenols is 1. The fourth-order valence-corrected chi connectivity index (χ4v) is 4.84. The van der Waals surface area contributed by atoms with E-state index in [1.807, 2.05) is 34.7 Å². The Morgan fingerprint density at radius 3 is 2.93 bits per heavy atom. The highest BCUT2D eigenvalue weighted by atomic mass is 79.9. The number of nitrogens with zero attached hydrogens (tertiary/aromatic N) is 2. The van der Waals surface area contributed by atoms with E-state index >= 15 is 0 Å². The number of hydrogen-bond acceptors (Lipinski definition) is 6. The normalized spacial score (nSPS) is 20.2. The Morgan fingerprint density at radius 1 is 1.25 bits per heavy atom. The molecule has 142 valence electrons. The van der Waals surface area contributed by atoms with Gasteiger partial charge >= 0.3 is 0 Å². The Hall–Kier alpha value is -2.51. The number of hydrazone groups is 1. The minimum atomic E-state index is -0.288. The molecule has 1 aromatic heterocycles. The lowest BCUT2D eigenvalue weighted by Gasteiger charge is -2.37. The molecule has 28 heavy (non-hydrogen) atoms. The molecule has 2 aliphatic rings. The number of methoxy groups -OCH3 is 1. The standard InChI is InChI=1S/C21H17BrN2O3S/c1-26-13-5-6-18(25)14(10-13)16-11-17-15-9-12(22)4-7-19(15)27-21(24(17)23-16)20-3-2-8-28-20/h2-10,17,21,25H,11H2,1H3/t17-,21-/m0/s1. The molecule has 0 radical (unpaired) electrons. The first-order valence-corrected chi connectivity index (χ1v) is 10.5. The molecule has 2 aliphatic heterocycles. The van der Waals surface area contributed by atoms with Gasteiger partial charge in [0.15, 0.2) is 0 Å². The van der Waals surface area contributed by atoms with E-state index < -0.39 is 0 Å². The third-order valence-corrected chi connectivity index (χ3v) is 6.45. The molecule has 2 aromatic carbocycles. The van der Waals surface area contributed by atoms with Crippen LogP contribution < -0.4 is 9.47 Å². The van der Waals surface area contributed by atoms with Crippen LogP contribution in [0.1, 0.15) is 34.7 Å². The van der Waals surface area contributed by atoms with Crippen molar-refractivity contribution in [1.82, 2.24) is 5.01 Å². The number of benzene rings is 2. The zero-order chi connectivity index (χ0) is 19.3. The molecule has 0 spiro atoms. The predicted molar refractivity (Wildman–Crippen MR) is 112 cm³/mol. The third-order valence-electron chi connectivity index (χ3n) is 5.05. The zero-order valence-electron chi connectivity index (χ0n) is 15.0. The summed E-state index contributed by atoms with van der Waals surface area (Å²) in [7, 11) is 1.62. The van der Waals surface area contributed by atoms with Crippen molar-refractivity contribution >= 4 is 33.0 Å². The van der Waals surface area contributed by atoms with Gasteiger partial charge in [-0.2, -0.15) is 5.10 Å². The topological polar surface area (TPSA) is 54.3 Å². The van der Waals surface area contributed by atoms with Crippen molar-refractivity contribution in [3.05, 3.63) is 74.4 Å². The van der Waals surface area contributed by atoms with E-state index in [0.29, 0.717) is 17.7 Å². The Balaban J connectivity index is 1.61. The van der Waals surface area contributed by atoms with Gasteiger partial charge in [-0.3, -0.25) is 0 Å². The summed E-state index contributed by atoms with van der Waals surface area (Å²) in [6.45, 7) is 0. The van der Waals surface area contributed by atoms with E-state index in [4.69, 9.17) is 14.6 Å². The molecule has 2 atom stereocenters. The summed E-state index contributed by atoms with van der Waals surface area (Å²) in [6.07, 6.45) is 0.388. The van der Waals surface area contributed by atoms with Gasteiger partial charge < -0.3 is 14.6 Å². The molecule has 0 saturated heterocycles. The molecule has 5 rings (SSSR count). The van der Waals surface area contributed by atoms with Crippen LogP contribution in [0.4, 0.5) is 0 Å². The van der Waals surface area contributed by atoms with Gasteiger partial charge in [0.05, 0.1) is 23.7 Å². The molecular weight excluding hydrogens is 440 g/mol. The molecular formula is C21H17BrN2O3S. The minimum absolute atomic E-state index is 0.0361. The van der Waals surface area contributed by atoms with Crippen LogP contribution in [0.25, 0.3) is 0 Å². The van der Waals surface area contributed by atoms with Crippen molar-refractivity contribution in [3.63, 3.8) is 0 Å². The third kappa shape index (κ3) is 2.86. The first-order chi connectivity index (χ1) is 13.6. The average Bonchev–Trinajstić information content (AvgIpc) is 3.38. The summed E-state index contributed by atoms with van der Waals surface area (Å²) in [4.78, 5) is 1.10. The Kier molecular flexibility index (Phi) is 4.29. The lowest BCUT2D eigenvalue weighted by Crippen LogP contribution is -2.33. The molecule has 3 aromatic rings. The number of halogens is 1. The molecule has 0 amide bonds. The van der Waals surface area contributed by atoms with Crippen LogP contribution >= 0.6 is 27.3 Å². The van der Waals surface area contributed by atoms with E-state index in [0.717, 1.165) is 26.4 Å². The van der Waals surface area contributed by atoms with Gasteiger partial charge in [0.25, 0.3) is 0 Å². The number of ether oxygens (including phenoxy) is 2. The smallest absolute Gasteiger partial charge is 0.222 e. The molecule has 1 N–H and O–H groups in total. The predicted octanol–water partition coefficient (Wildman–Crippen LogP) is 5.47. The van der Waals surface area contributed by atoms with E-state index in [2.05, 4.69) is 28.1 Å². The maximum atomic E-state index is 10.4. The summed E-state index contributed by atoms with van der Waals surface area (Å²) in [5, 5.41) is 19.4. The van der Waals surface area contributed by atoms with Crippen LogP contribution in [-0.4, -0.2) is 22.9 Å². The van der Waals surface area contributed by atoms with Gasteiger partial charge in [0, 0.05) is 22.0 Å². The van der Waals surface area contributed by atoms with Crippen molar-refractivity contribution in [2.75, 3.05) is 7.11 Å². The van der Waals surface area contributed by atoms with E-state index in [1.165, 1.54) is 0 Å². The molecule has 3 heterocycles. The van der Waals surface area contributed by atoms with Gasteiger partial charge in [-0.05, 0) is 47.8 Å². The Bertz CT molecular complexity index is 1070. The van der Waals surface area contributed by atoms with Crippen molar-refractivity contribution in [2.24, 2.45) is 5.10 Å². The van der Waals surface area contributed by atoms with Gasteiger partial charge in [0.2, 0.25) is 6.23 Å². The maximum absolute atomic E-state index is 10.4. The highest BCUT2D eigenvalue weighted by Gasteiger charge is 2.41. The number of thiophene rings is 1. The Labute approximate surface area is 175 Å². The summed E-state index contributed by atoms with van der Waals surface area (Å²) in [5.41, 5.74) is 2.60. The SMILES string of the molecule is COc1ccc(O)c(C2=NN3[C@@H](C2)c2cc(Br)ccc2O[C@H]3c2cccs2)c1. The number of fused-ring (bicyclic) bond motifs is 3. The van der Waals surface area contributed by atoms with E-state index in [9.17, 15) is 5.11 Å². The zero-order valence-corrected chi connectivity index (χ0v) is 17.4. The summed E-state index contributed by atoms with van der Waals surface area (Å²) < 4.78 is 12.7. The van der Waals surface area contributed by atoms with Crippen LogP contribution in [0, 0.1) is 0 Å². The number of aromatic hydroxyl groups is 1. The van der Waals surface area contributed by atoms with Gasteiger partial charge in [-0.25, -0.2) is 5.01 Å². The van der Waals surface area contributed by atoms with Gasteiger partial charge in [-0.1, -0.05) is 22.0 Å². The van der Waals surface area contributed by atoms with Crippen molar-refractivity contribution < 1.29 is 14.6 Å². The van der Waals surface area contributed by atoms with Crippen LogP contribution in [-0.2, 0) is 0 Å².